The molecule has 0 aromatic heterocycles. The Morgan fingerprint density at radius 2 is 1.17 bits per heavy atom. The van der Waals surface area contributed by atoms with Gasteiger partial charge in [0.2, 0.25) is 11.8 Å². The highest BCUT2D eigenvalue weighted by molar-refractivity contribution is 6.03. The van der Waals surface area contributed by atoms with Gasteiger partial charge in [-0.2, -0.15) is 0 Å². The SMILES string of the molecule is O=C(Nc1ccccc1F)C1CC1C(=O)Nc1ccccc1F. The molecule has 118 valence electrons. The van der Waals surface area contributed by atoms with Gasteiger partial charge in [0.15, 0.2) is 0 Å². The molecule has 1 fully saturated rings. The van der Waals surface area contributed by atoms with Crippen LogP contribution < -0.4 is 10.6 Å². The molecule has 0 aliphatic heterocycles. The Labute approximate surface area is 131 Å². The first-order chi connectivity index (χ1) is 11.1. The summed E-state index contributed by atoms with van der Waals surface area (Å²) in [6.07, 6.45) is 0.362. The molecule has 23 heavy (non-hydrogen) atoms. The van der Waals surface area contributed by atoms with Crippen LogP contribution in [0.3, 0.4) is 0 Å². The van der Waals surface area contributed by atoms with Gasteiger partial charge in [-0.15, -0.1) is 0 Å². The maximum atomic E-state index is 13.5. The number of hydrogen-bond donors (Lipinski definition) is 2. The number of halogens is 2. The van der Waals surface area contributed by atoms with Crippen LogP contribution in [0.1, 0.15) is 6.42 Å². The number of carbonyl (C=O) groups excluding carboxylic acids is 2. The summed E-state index contributed by atoms with van der Waals surface area (Å²) in [5.41, 5.74) is 0.162. The summed E-state index contributed by atoms with van der Waals surface area (Å²) in [5, 5.41) is 4.93. The van der Waals surface area contributed by atoms with Crippen LogP contribution >= 0.6 is 0 Å². The minimum absolute atomic E-state index is 0.0812. The molecule has 6 heteroatoms. The van der Waals surface area contributed by atoms with Crippen molar-refractivity contribution >= 4 is 23.2 Å². The van der Waals surface area contributed by atoms with Gasteiger partial charge in [-0.25, -0.2) is 8.78 Å². The highest BCUT2D eigenvalue weighted by atomic mass is 19.1. The Bertz CT molecular complexity index is 700. The van der Waals surface area contributed by atoms with Crippen LogP contribution in [-0.2, 0) is 9.59 Å². The highest BCUT2D eigenvalue weighted by Crippen LogP contribution is 2.40. The standard InChI is InChI=1S/C17H14F2N2O2/c18-12-5-1-3-7-14(12)20-16(22)10-9-11(10)17(23)21-15-8-4-2-6-13(15)19/h1-8,10-11H,9H2,(H,20,22)(H,21,23). The van der Waals surface area contributed by atoms with E-state index in [4.69, 9.17) is 0 Å². The third kappa shape index (κ3) is 3.36. The number of carbonyl (C=O) groups is 2. The zero-order valence-corrected chi connectivity index (χ0v) is 12.1. The second kappa shape index (κ2) is 6.16. The van der Waals surface area contributed by atoms with E-state index < -0.39 is 35.3 Å². The van der Waals surface area contributed by atoms with Crippen molar-refractivity contribution in [2.75, 3.05) is 10.6 Å². The Morgan fingerprint density at radius 1 is 0.783 bits per heavy atom. The summed E-state index contributed by atoms with van der Waals surface area (Å²) in [6, 6.07) is 11.6. The molecule has 2 atom stereocenters. The van der Waals surface area contributed by atoms with Gasteiger partial charge in [0.1, 0.15) is 11.6 Å². The molecular formula is C17H14F2N2O2. The van der Waals surface area contributed by atoms with Gasteiger partial charge in [-0.1, -0.05) is 24.3 Å². The molecule has 3 rings (SSSR count). The van der Waals surface area contributed by atoms with Crippen molar-refractivity contribution in [3.63, 3.8) is 0 Å². The Balaban J connectivity index is 1.58. The van der Waals surface area contributed by atoms with Gasteiger partial charge < -0.3 is 10.6 Å². The van der Waals surface area contributed by atoms with Crippen molar-refractivity contribution in [1.29, 1.82) is 0 Å². The van der Waals surface area contributed by atoms with E-state index in [9.17, 15) is 18.4 Å². The van der Waals surface area contributed by atoms with Crippen LogP contribution in [0.25, 0.3) is 0 Å². The highest BCUT2D eigenvalue weighted by Gasteiger charge is 2.48. The first-order valence-corrected chi connectivity index (χ1v) is 7.17. The average Bonchev–Trinajstić information content (AvgIpc) is 3.32. The van der Waals surface area contributed by atoms with Crippen molar-refractivity contribution in [1.82, 2.24) is 0 Å². The molecule has 0 spiro atoms. The lowest BCUT2D eigenvalue weighted by Gasteiger charge is -2.07. The monoisotopic (exact) mass is 316 g/mol. The molecule has 2 N–H and O–H groups in total. The smallest absolute Gasteiger partial charge is 0.228 e. The van der Waals surface area contributed by atoms with Crippen LogP contribution in [0.4, 0.5) is 20.2 Å². The maximum Gasteiger partial charge on any atom is 0.228 e. The van der Waals surface area contributed by atoms with Crippen LogP contribution in [0.2, 0.25) is 0 Å². The number of rotatable bonds is 4. The van der Waals surface area contributed by atoms with E-state index in [-0.39, 0.29) is 11.4 Å². The number of anilines is 2. The lowest BCUT2D eigenvalue weighted by molar-refractivity contribution is -0.122. The largest absolute Gasteiger partial charge is 0.323 e. The fourth-order valence-electron chi connectivity index (χ4n) is 2.35. The fourth-order valence-corrected chi connectivity index (χ4v) is 2.35. The van der Waals surface area contributed by atoms with Gasteiger partial charge >= 0.3 is 0 Å². The second-order valence-corrected chi connectivity index (χ2v) is 5.39. The van der Waals surface area contributed by atoms with E-state index in [0.717, 1.165) is 0 Å². The van der Waals surface area contributed by atoms with Crippen molar-refractivity contribution in [2.45, 2.75) is 6.42 Å². The van der Waals surface area contributed by atoms with Crippen LogP contribution in [0.15, 0.2) is 48.5 Å². The van der Waals surface area contributed by atoms with Crippen molar-refractivity contribution in [3.8, 4) is 0 Å². The Kier molecular flexibility index (Phi) is 4.06. The normalized spacial score (nSPS) is 19.0. The van der Waals surface area contributed by atoms with Crippen molar-refractivity contribution in [3.05, 3.63) is 60.2 Å². The molecule has 0 radical (unpaired) electrons. The van der Waals surface area contributed by atoms with E-state index >= 15 is 0 Å². The molecule has 2 unspecified atom stereocenters. The van der Waals surface area contributed by atoms with E-state index in [1.807, 2.05) is 0 Å². The molecule has 0 heterocycles. The molecule has 2 aromatic rings. The van der Waals surface area contributed by atoms with Gasteiger partial charge in [-0.05, 0) is 30.7 Å². The van der Waals surface area contributed by atoms with Gasteiger partial charge in [0.05, 0.1) is 23.2 Å². The fraction of sp³-hybridized carbons (Fsp3) is 0.176. The van der Waals surface area contributed by atoms with E-state index in [1.165, 1.54) is 36.4 Å². The molecule has 2 aromatic carbocycles. The molecule has 4 nitrogen and oxygen atoms in total. The van der Waals surface area contributed by atoms with Gasteiger partial charge in [0, 0.05) is 0 Å². The van der Waals surface area contributed by atoms with Crippen LogP contribution in [0.5, 0.6) is 0 Å². The van der Waals surface area contributed by atoms with Gasteiger partial charge in [0.25, 0.3) is 0 Å². The summed E-state index contributed by atoms with van der Waals surface area (Å²) in [5.74, 6) is -2.95. The zero-order chi connectivity index (χ0) is 16.4. The first-order valence-electron chi connectivity index (χ1n) is 7.17. The summed E-state index contributed by atoms with van der Waals surface area (Å²) >= 11 is 0. The van der Waals surface area contributed by atoms with E-state index in [0.29, 0.717) is 6.42 Å². The number of hydrogen-bond acceptors (Lipinski definition) is 2. The molecule has 0 bridgehead atoms. The first kappa shape index (κ1) is 15.1. The van der Waals surface area contributed by atoms with Crippen LogP contribution in [0, 0.1) is 23.5 Å². The average molecular weight is 316 g/mol. The van der Waals surface area contributed by atoms with E-state index in [2.05, 4.69) is 10.6 Å². The minimum Gasteiger partial charge on any atom is -0.323 e. The van der Waals surface area contributed by atoms with Gasteiger partial charge in [-0.3, -0.25) is 9.59 Å². The number of benzene rings is 2. The summed E-state index contributed by atoms with van der Waals surface area (Å²) < 4.78 is 27.0. The molecule has 1 aliphatic carbocycles. The molecule has 1 saturated carbocycles. The minimum atomic E-state index is -0.533. The second-order valence-electron chi connectivity index (χ2n) is 5.39. The van der Waals surface area contributed by atoms with Crippen LogP contribution in [-0.4, -0.2) is 11.8 Å². The Morgan fingerprint density at radius 3 is 1.57 bits per heavy atom. The molecule has 2 amide bonds. The summed E-state index contributed by atoms with van der Waals surface area (Å²) in [7, 11) is 0. The Hall–Kier alpha value is -2.76. The number of amides is 2. The summed E-state index contributed by atoms with van der Waals surface area (Å²) in [4.78, 5) is 24.1. The number of para-hydroxylation sites is 2. The van der Waals surface area contributed by atoms with Crippen molar-refractivity contribution < 1.29 is 18.4 Å². The summed E-state index contributed by atoms with van der Waals surface area (Å²) in [6.45, 7) is 0. The predicted octanol–water partition coefficient (Wildman–Crippen LogP) is 3.18. The van der Waals surface area contributed by atoms with Crippen molar-refractivity contribution in [2.24, 2.45) is 11.8 Å². The lowest BCUT2D eigenvalue weighted by atomic mass is 10.2. The maximum absolute atomic E-state index is 13.5. The lowest BCUT2D eigenvalue weighted by Crippen LogP contribution is -2.21. The third-order valence-electron chi connectivity index (χ3n) is 3.73. The third-order valence-corrected chi connectivity index (χ3v) is 3.73. The quantitative estimate of drug-likeness (QED) is 0.910. The zero-order valence-electron chi connectivity index (χ0n) is 12.1. The number of nitrogens with one attached hydrogen (secondary N) is 2. The topological polar surface area (TPSA) is 58.2 Å². The molecular weight excluding hydrogens is 302 g/mol. The molecule has 1 aliphatic rings. The predicted molar refractivity (Wildman–Crippen MR) is 81.7 cm³/mol. The molecule has 0 saturated heterocycles. The van der Waals surface area contributed by atoms with E-state index in [1.54, 1.807) is 12.1 Å².